The molecule has 2 aromatic carbocycles. The van der Waals surface area contributed by atoms with Crippen LogP contribution in [0.25, 0.3) is 10.9 Å². The van der Waals surface area contributed by atoms with Gasteiger partial charge in [-0.25, -0.2) is 0 Å². The molecule has 0 spiro atoms. The lowest BCUT2D eigenvalue weighted by Gasteiger charge is -2.07. The van der Waals surface area contributed by atoms with Gasteiger partial charge in [-0.1, -0.05) is 25.0 Å². The summed E-state index contributed by atoms with van der Waals surface area (Å²) in [6.45, 7) is 0.590. The van der Waals surface area contributed by atoms with Crippen LogP contribution in [0.2, 0.25) is 0 Å². The zero-order valence-corrected chi connectivity index (χ0v) is 18.1. The Morgan fingerprint density at radius 1 is 1.06 bits per heavy atom. The highest BCUT2D eigenvalue weighted by molar-refractivity contribution is 5.94. The van der Waals surface area contributed by atoms with Crippen LogP contribution in [0.3, 0.4) is 0 Å². The fourth-order valence-corrected chi connectivity index (χ4v) is 3.57. The highest BCUT2D eigenvalue weighted by atomic mass is 16.6. The second-order valence-corrected chi connectivity index (χ2v) is 7.67. The Hall–Kier alpha value is -3.68. The van der Waals surface area contributed by atoms with E-state index in [4.69, 9.17) is 0 Å². The molecule has 0 unspecified atom stereocenters. The van der Waals surface area contributed by atoms with Crippen molar-refractivity contribution in [1.29, 1.82) is 0 Å². The van der Waals surface area contributed by atoms with Crippen molar-refractivity contribution >= 4 is 28.5 Å². The molecule has 0 saturated heterocycles. The molecule has 8 heteroatoms. The van der Waals surface area contributed by atoms with Gasteiger partial charge >= 0.3 is 5.97 Å². The number of nitro benzene ring substituents is 1. The molecule has 1 amide bonds. The van der Waals surface area contributed by atoms with Gasteiger partial charge in [0.25, 0.3) is 11.6 Å². The number of aromatic amines is 1. The number of fused-ring (bicyclic) bond motifs is 1. The van der Waals surface area contributed by atoms with E-state index in [0.29, 0.717) is 24.9 Å². The molecule has 0 saturated carbocycles. The number of rotatable bonds is 11. The Balaban J connectivity index is 1.48. The maximum Gasteiger partial charge on any atom is 0.305 e. The minimum Gasteiger partial charge on any atom is -0.469 e. The number of H-pyrrole nitrogens is 1. The number of hydrogen-bond acceptors (Lipinski definition) is 5. The first-order valence-electron chi connectivity index (χ1n) is 10.7. The van der Waals surface area contributed by atoms with Crippen LogP contribution in [-0.4, -0.2) is 35.4 Å². The quantitative estimate of drug-likeness (QED) is 0.198. The predicted molar refractivity (Wildman–Crippen MR) is 122 cm³/mol. The minimum atomic E-state index is -0.397. The van der Waals surface area contributed by atoms with Crippen molar-refractivity contribution in [2.24, 2.45) is 0 Å². The number of nitrogens with one attached hydrogen (secondary N) is 2. The summed E-state index contributed by atoms with van der Waals surface area (Å²) in [6, 6.07) is 12.2. The number of hydrogen-bond donors (Lipinski definition) is 2. The van der Waals surface area contributed by atoms with E-state index in [1.54, 1.807) is 24.3 Å². The van der Waals surface area contributed by atoms with E-state index in [0.717, 1.165) is 47.7 Å². The largest absolute Gasteiger partial charge is 0.469 e. The van der Waals surface area contributed by atoms with E-state index < -0.39 is 4.92 Å². The van der Waals surface area contributed by atoms with Gasteiger partial charge in [0.15, 0.2) is 0 Å². The monoisotopic (exact) mass is 437 g/mol. The maximum atomic E-state index is 12.3. The Bertz CT molecular complexity index is 1090. The van der Waals surface area contributed by atoms with E-state index in [2.05, 4.69) is 15.0 Å². The molecular formula is C24H27N3O5. The van der Waals surface area contributed by atoms with Gasteiger partial charge in [0, 0.05) is 47.8 Å². The number of nitro groups is 1. The highest BCUT2D eigenvalue weighted by Gasteiger charge is 2.11. The fraction of sp³-hybridized carbons (Fsp3) is 0.333. The number of amides is 1. The van der Waals surface area contributed by atoms with Gasteiger partial charge < -0.3 is 15.0 Å². The molecule has 0 fully saturated rings. The third-order valence-corrected chi connectivity index (χ3v) is 5.39. The van der Waals surface area contributed by atoms with Crippen LogP contribution in [0.4, 0.5) is 5.69 Å². The SMILES string of the molecule is COC(=O)CCCCCCNC(=O)c1ccc(Cc2c[nH]c3ccc([N+](=O)[O-])cc23)cc1. The first-order chi connectivity index (χ1) is 15.5. The highest BCUT2D eigenvalue weighted by Crippen LogP contribution is 2.25. The second kappa shape index (κ2) is 11.1. The lowest BCUT2D eigenvalue weighted by atomic mass is 10.0. The summed E-state index contributed by atoms with van der Waals surface area (Å²) < 4.78 is 4.61. The van der Waals surface area contributed by atoms with Crippen LogP contribution in [0.5, 0.6) is 0 Å². The van der Waals surface area contributed by atoms with Crippen LogP contribution in [0.15, 0.2) is 48.7 Å². The van der Waals surface area contributed by atoms with Crippen molar-refractivity contribution < 1.29 is 19.2 Å². The van der Waals surface area contributed by atoms with Crippen molar-refractivity contribution in [3.63, 3.8) is 0 Å². The number of carbonyl (C=O) groups excluding carboxylic acids is 2. The average molecular weight is 437 g/mol. The molecule has 0 bridgehead atoms. The topological polar surface area (TPSA) is 114 Å². The van der Waals surface area contributed by atoms with E-state index in [9.17, 15) is 19.7 Å². The predicted octanol–water partition coefficient (Wildman–Crippen LogP) is 4.52. The number of aromatic nitrogens is 1. The summed E-state index contributed by atoms with van der Waals surface area (Å²) in [5, 5.41) is 14.8. The van der Waals surface area contributed by atoms with Crippen LogP contribution in [0.1, 0.15) is 53.6 Å². The van der Waals surface area contributed by atoms with Gasteiger partial charge in [-0.2, -0.15) is 0 Å². The summed E-state index contributed by atoms with van der Waals surface area (Å²) in [5.74, 6) is -0.304. The molecule has 3 rings (SSSR count). The van der Waals surface area contributed by atoms with Crippen molar-refractivity contribution in [2.45, 2.75) is 38.5 Å². The van der Waals surface area contributed by atoms with Gasteiger partial charge in [-0.3, -0.25) is 19.7 Å². The summed E-state index contributed by atoms with van der Waals surface area (Å²) in [5.41, 5.74) is 3.49. The van der Waals surface area contributed by atoms with E-state index in [1.165, 1.54) is 13.2 Å². The molecule has 1 aromatic heterocycles. The number of methoxy groups -OCH3 is 1. The summed E-state index contributed by atoms with van der Waals surface area (Å²) in [6.07, 6.45) is 6.43. The lowest BCUT2D eigenvalue weighted by molar-refractivity contribution is -0.384. The molecule has 0 aliphatic rings. The van der Waals surface area contributed by atoms with Crippen molar-refractivity contribution in [1.82, 2.24) is 10.3 Å². The molecule has 0 radical (unpaired) electrons. The van der Waals surface area contributed by atoms with Crippen LogP contribution in [-0.2, 0) is 16.0 Å². The molecule has 32 heavy (non-hydrogen) atoms. The zero-order chi connectivity index (χ0) is 22.9. The number of nitrogens with zero attached hydrogens (tertiary/aromatic N) is 1. The summed E-state index contributed by atoms with van der Waals surface area (Å²) in [7, 11) is 1.39. The molecule has 0 aliphatic heterocycles. The molecular weight excluding hydrogens is 410 g/mol. The third kappa shape index (κ3) is 6.16. The van der Waals surface area contributed by atoms with Gasteiger partial charge in [-0.15, -0.1) is 0 Å². The van der Waals surface area contributed by atoms with Crippen LogP contribution < -0.4 is 5.32 Å². The Morgan fingerprint density at radius 2 is 1.81 bits per heavy atom. The second-order valence-electron chi connectivity index (χ2n) is 7.67. The number of ether oxygens (including phenoxy) is 1. The van der Waals surface area contributed by atoms with Crippen molar-refractivity contribution in [2.75, 3.05) is 13.7 Å². The zero-order valence-electron chi connectivity index (χ0n) is 18.1. The standard InChI is InChI=1S/C24H27N3O5/c1-32-23(28)6-4-2-3-5-13-25-24(29)18-9-7-17(8-10-18)14-19-16-26-22-12-11-20(27(30)31)15-21(19)22/h7-12,15-16,26H,2-6,13-14H2,1H3,(H,25,29). The molecule has 3 aromatic rings. The molecule has 1 heterocycles. The third-order valence-electron chi connectivity index (χ3n) is 5.39. The first kappa shape index (κ1) is 23.0. The molecule has 0 aliphatic carbocycles. The van der Waals surface area contributed by atoms with Crippen molar-refractivity contribution in [3.05, 3.63) is 75.5 Å². The van der Waals surface area contributed by atoms with Crippen LogP contribution >= 0.6 is 0 Å². The van der Waals surface area contributed by atoms with Gasteiger partial charge in [-0.05, 0) is 48.6 Å². The number of esters is 1. The normalized spacial score (nSPS) is 10.8. The average Bonchev–Trinajstić information content (AvgIpc) is 3.20. The van der Waals surface area contributed by atoms with E-state index in [-0.39, 0.29) is 17.6 Å². The van der Waals surface area contributed by atoms with E-state index in [1.807, 2.05) is 18.3 Å². The van der Waals surface area contributed by atoms with Crippen molar-refractivity contribution in [3.8, 4) is 0 Å². The number of carbonyl (C=O) groups is 2. The minimum absolute atomic E-state index is 0.0637. The Kier molecular flexibility index (Phi) is 7.96. The molecule has 0 atom stereocenters. The first-order valence-corrected chi connectivity index (χ1v) is 10.7. The van der Waals surface area contributed by atoms with E-state index >= 15 is 0 Å². The number of benzene rings is 2. The number of unbranched alkanes of at least 4 members (excludes halogenated alkanes) is 3. The van der Waals surface area contributed by atoms with Gasteiger partial charge in [0.1, 0.15) is 0 Å². The number of non-ortho nitro benzene ring substituents is 1. The molecule has 168 valence electrons. The summed E-state index contributed by atoms with van der Waals surface area (Å²) >= 11 is 0. The van der Waals surface area contributed by atoms with Gasteiger partial charge in [0.05, 0.1) is 12.0 Å². The Morgan fingerprint density at radius 3 is 2.53 bits per heavy atom. The smallest absolute Gasteiger partial charge is 0.305 e. The van der Waals surface area contributed by atoms with Gasteiger partial charge in [0.2, 0.25) is 0 Å². The molecule has 2 N–H and O–H groups in total. The maximum absolute atomic E-state index is 12.3. The fourth-order valence-electron chi connectivity index (χ4n) is 3.57. The van der Waals surface area contributed by atoms with Crippen LogP contribution in [0, 0.1) is 10.1 Å². The lowest BCUT2D eigenvalue weighted by Crippen LogP contribution is -2.24. The Labute approximate surface area is 186 Å². The molecule has 8 nitrogen and oxygen atoms in total. The summed E-state index contributed by atoms with van der Waals surface area (Å²) in [4.78, 5) is 37.2.